The lowest BCUT2D eigenvalue weighted by atomic mass is 9.81. The highest BCUT2D eigenvalue weighted by Crippen LogP contribution is 2.39. The van der Waals surface area contributed by atoms with Gasteiger partial charge in [-0.1, -0.05) is 98.9 Å². The number of nitrogens with zero attached hydrogens (tertiary/aromatic N) is 2. The minimum Gasteiger partial charge on any atom is -0.462 e. The fourth-order valence-corrected chi connectivity index (χ4v) is 11.0. The summed E-state index contributed by atoms with van der Waals surface area (Å²) in [6.07, 6.45) is -3.19. The first-order valence-corrected chi connectivity index (χ1v) is 29.2. The normalized spacial score (nSPS) is 42.2. The Morgan fingerprint density at radius 2 is 1.26 bits per heavy atom. The topological polar surface area (TPSA) is 402 Å². The van der Waals surface area contributed by atoms with Gasteiger partial charge in [0.2, 0.25) is 11.7 Å². The first kappa shape index (κ1) is 71.0. The van der Waals surface area contributed by atoms with Crippen molar-refractivity contribution >= 4 is 11.9 Å². The van der Waals surface area contributed by atoms with E-state index in [9.17, 15) is 86.2 Å². The molecule has 84 heavy (non-hydrogen) atoms. The Morgan fingerprint density at radius 1 is 0.655 bits per heavy atom. The number of ether oxygens (including phenoxy) is 5. The molecule has 0 aromatic heterocycles. The fraction of sp³-hybridized carbons (Fsp3) is 0.729. The molecule has 478 valence electrons. The second-order valence-corrected chi connectivity index (χ2v) is 23.1. The third-order valence-corrected chi connectivity index (χ3v) is 16.3. The molecule has 16 N–H and O–H groups in total. The van der Waals surface area contributed by atoms with Crippen LogP contribution in [0.1, 0.15) is 79.1 Å². The van der Waals surface area contributed by atoms with Gasteiger partial charge in [0, 0.05) is 70.2 Å². The van der Waals surface area contributed by atoms with E-state index in [0.29, 0.717) is 19.6 Å². The second kappa shape index (κ2) is 34.1. The predicted octanol–water partition coefficient (Wildman–Crippen LogP) is -2.80. The number of piperazine rings is 1. The number of carbonyl (C=O) groups excluding carboxylic acids is 2. The van der Waals surface area contributed by atoms with Crippen molar-refractivity contribution in [2.75, 3.05) is 52.5 Å². The molecule has 0 saturated carbocycles. The van der Waals surface area contributed by atoms with Crippen LogP contribution in [0.2, 0.25) is 0 Å². The Bertz CT molecular complexity index is 2210. The van der Waals surface area contributed by atoms with Crippen LogP contribution >= 0.6 is 0 Å². The second-order valence-electron chi connectivity index (χ2n) is 23.1. The average Bonchev–Trinajstić information content (AvgIpc) is 2.40. The summed E-state index contributed by atoms with van der Waals surface area (Å²) in [6.45, 7) is 7.01. The van der Waals surface area contributed by atoms with Crippen molar-refractivity contribution in [3.05, 3.63) is 85.1 Å². The molecule has 0 aromatic rings. The summed E-state index contributed by atoms with van der Waals surface area (Å²) in [7, 11) is 0. The highest BCUT2D eigenvalue weighted by atomic mass is 16.7. The van der Waals surface area contributed by atoms with Gasteiger partial charge in [0.25, 0.3) is 0 Å². The van der Waals surface area contributed by atoms with Crippen LogP contribution in [0.3, 0.4) is 0 Å². The molecule has 0 aliphatic carbocycles. The zero-order valence-electron chi connectivity index (χ0n) is 48.5. The molecule has 0 spiro atoms. The Balaban J connectivity index is 1.44. The number of hydrogen-bond donors (Lipinski definition) is 16. The molecule has 5 aliphatic rings. The van der Waals surface area contributed by atoms with Crippen molar-refractivity contribution in [3.63, 3.8) is 0 Å². The van der Waals surface area contributed by atoms with Crippen LogP contribution in [0, 0.1) is 17.8 Å². The van der Waals surface area contributed by atoms with Gasteiger partial charge in [-0.3, -0.25) is 14.5 Å². The molecule has 4 saturated heterocycles. The maximum Gasteiger partial charge on any atom is 0.308 e. The number of cyclic esters (lactones) is 1. The Morgan fingerprint density at radius 3 is 1.88 bits per heavy atom. The predicted molar refractivity (Wildman–Crippen MR) is 302 cm³/mol. The van der Waals surface area contributed by atoms with Gasteiger partial charge in [-0.05, 0) is 33.1 Å². The van der Waals surface area contributed by atoms with Gasteiger partial charge in [0.15, 0.2) is 12.1 Å². The number of hydrogen-bond acceptors (Lipinski definition) is 24. The first-order valence-electron chi connectivity index (χ1n) is 29.2. The molecule has 5 aliphatic heterocycles. The third-order valence-electron chi connectivity index (χ3n) is 16.3. The largest absolute Gasteiger partial charge is 0.462 e. The number of aliphatic hydroxyl groups is 15. The standard InChI is InChI=1S/C59H95N3O22/c1-35-17-15-13-11-9-7-5-6-8-10-12-14-16-18-42(83-57-54(75)50(52(73)38(4)82-57)60-34-59(79)55(76)53(74)46(70)33-80-59)30-47-49(56(77)62-23-21-61(22-24-62)25-26-63)45(69)32-58(78,84-47)31-41(66)28-44(68)43(67)20-19-39(64)27-40(65)29-48(71)81-37(3)36(2)51(35)72/h5-18,35-47,49-55,57,60,63-70,72-76,78-79H,19-34H2,1-4H3/t35-,36?,37-,38+,39+,40+,41-,42-,43+,44+,45-,46+,47?,49?,50-,51+,52+,53-,54-,55-,57?,58+,59+/m0/s1. The van der Waals surface area contributed by atoms with Crippen LogP contribution in [-0.4, -0.2) is 272 Å². The first-order chi connectivity index (χ1) is 39.8. The molecule has 4 fully saturated rings. The van der Waals surface area contributed by atoms with Crippen LogP contribution in [-0.2, 0) is 33.3 Å². The lowest BCUT2D eigenvalue weighted by Gasteiger charge is -2.48. The van der Waals surface area contributed by atoms with E-state index >= 15 is 0 Å². The van der Waals surface area contributed by atoms with Crippen LogP contribution in [0.4, 0.5) is 0 Å². The number of esters is 1. The van der Waals surface area contributed by atoms with E-state index in [0.717, 1.165) is 0 Å². The average molecular weight is 1200 g/mol. The van der Waals surface area contributed by atoms with Crippen LogP contribution in [0.25, 0.3) is 0 Å². The number of amides is 1. The van der Waals surface area contributed by atoms with E-state index in [1.54, 1.807) is 86.8 Å². The van der Waals surface area contributed by atoms with E-state index < -0.39 is 184 Å². The Labute approximate surface area is 491 Å². The molecule has 1 amide bonds. The quantitative estimate of drug-likeness (QED) is 0.109. The molecule has 5 rings (SSSR count). The maximum absolute atomic E-state index is 14.6. The Kier molecular flexibility index (Phi) is 28.9. The van der Waals surface area contributed by atoms with E-state index in [1.807, 2.05) is 17.9 Å². The number of β-amino-alcohol motifs (C(OH)–C–C–N with tert-alkyl or cyclic N) is 1. The van der Waals surface area contributed by atoms with Crippen LogP contribution in [0.15, 0.2) is 85.1 Å². The molecular weight excluding hydrogens is 1100 g/mol. The zero-order chi connectivity index (χ0) is 61.9. The van der Waals surface area contributed by atoms with Gasteiger partial charge in [-0.15, -0.1) is 0 Å². The maximum atomic E-state index is 14.6. The lowest BCUT2D eigenvalue weighted by molar-refractivity contribution is -0.323. The molecular formula is C59H95N3O22. The smallest absolute Gasteiger partial charge is 0.308 e. The van der Waals surface area contributed by atoms with Gasteiger partial charge in [0.1, 0.15) is 30.5 Å². The van der Waals surface area contributed by atoms with Gasteiger partial charge in [-0.2, -0.15) is 0 Å². The van der Waals surface area contributed by atoms with Crippen LogP contribution in [0.5, 0.6) is 0 Å². The number of aliphatic hydroxyl groups excluding tert-OH is 13. The summed E-state index contributed by atoms with van der Waals surface area (Å²) in [4.78, 5) is 30.9. The number of carbonyl (C=O) groups is 2. The summed E-state index contributed by atoms with van der Waals surface area (Å²) in [5.74, 6) is -8.28. The number of nitrogens with one attached hydrogen (secondary N) is 1. The molecule has 2 bridgehead atoms. The fourth-order valence-electron chi connectivity index (χ4n) is 11.0. The molecule has 23 atom stereocenters. The van der Waals surface area contributed by atoms with Crippen molar-refractivity contribution in [3.8, 4) is 0 Å². The molecule has 4 unspecified atom stereocenters. The summed E-state index contributed by atoms with van der Waals surface area (Å²) >= 11 is 0. The van der Waals surface area contributed by atoms with Crippen molar-refractivity contribution in [1.29, 1.82) is 0 Å². The molecule has 0 aromatic carbocycles. The van der Waals surface area contributed by atoms with Gasteiger partial charge >= 0.3 is 5.97 Å². The van der Waals surface area contributed by atoms with E-state index in [-0.39, 0.29) is 51.3 Å². The van der Waals surface area contributed by atoms with E-state index in [4.69, 9.17) is 23.7 Å². The monoisotopic (exact) mass is 1200 g/mol. The van der Waals surface area contributed by atoms with Crippen molar-refractivity contribution in [2.24, 2.45) is 17.8 Å². The Hall–Kier alpha value is -3.72. The van der Waals surface area contributed by atoms with E-state index in [2.05, 4.69) is 5.32 Å². The van der Waals surface area contributed by atoms with Gasteiger partial charge < -0.3 is 110 Å². The highest BCUT2D eigenvalue weighted by Gasteiger charge is 2.53. The number of rotatable bonds is 8. The summed E-state index contributed by atoms with van der Waals surface area (Å²) in [5.41, 5.74) is 0. The number of fused-ring (bicyclic) bond motifs is 2. The lowest BCUT2D eigenvalue weighted by Crippen LogP contribution is -2.69. The minimum absolute atomic E-state index is 0.0956. The molecule has 0 radical (unpaired) electrons. The number of allylic oxidation sites excluding steroid dienone is 12. The third kappa shape index (κ3) is 21.3. The summed E-state index contributed by atoms with van der Waals surface area (Å²) in [5, 5.41) is 167. The minimum atomic E-state index is -2.47. The summed E-state index contributed by atoms with van der Waals surface area (Å²) < 4.78 is 29.6. The van der Waals surface area contributed by atoms with E-state index in [1.165, 1.54) is 17.9 Å². The molecule has 5 heterocycles. The zero-order valence-corrected chi connectivity index (χ0v) is 48.5. The van der Waals surface area contributed by atoms with Crippen molar-refractivity contribution < 1.29 is 110 Å². The summed E-state index contributed by atoms with van der Waals surface area (Å²) in [6, 6.07) is -1.35. The molecule has 25 heteroatoms. The van der Waals surface area contributed by atoms with Crippen molar-refractivity contribution in [2.45, 2.75) is 201 Å². The van der Waals surface area contributed by atoms with Gasteiger partial charge in [-0.25, -0.2) is 0 Å². The van der Waals surface area contributed by atoms with Crippen molar-refractivity contribution in [1.82, 2.24) is 15.1 Å². The van der Waals surface area contributed by atoms with Crippen LogP contribution < -0.4 is 5.32 Å². The highest BCUT2D eigenvalue weighted by molar-refractivity contribution is 5.80. The molecule has 25 nitrogen and oxygen atoms in total. The SMILES string of the molecule is CC1[C@H](C)OC(=O)C[C@H](O)C[C@H](O)CC[C@@H](O)[C@H](O)C[C@H](O)C[C@]2(O)C[C@H](O)C(C(=O)N3CCN(CCO)CC3)C(C[C@@H](OC3O[C@H](C)[C@@H](O)[C@H](NC[C@@]4(O)OC[C@@H](O)[C@H](O)[C@@H]4O)[C@@H]3O)C=CC=CC=CC=CC=CC=CC=C[C@H](C)[C@H]1O)O2. The van der Waals surface area contributed by atoms with Gasteiger partial charge in [0.05, 0.1) is 105 Å².